The molecular weight excluding hydrogens is 510 g/mol. The summed E-state index contributed by atoms with van der Waals surface area (Å²) in [6, 6.07) is 15.4. The van der Waals surface area contributed by atoms with E-state index in [9.17, 15) is 30.8 Å². The fourth-order valence-electron chi connectivity index (χ4n) is 3.48. The van der Waals surface area contributed by atoms with Crippen molar-refractivity contribution in [3.8, 4) is 0 Å². The summed E-state index contributed by atoms with van der Waals surface area (Å²) in [5.41, 5.74) is 0.937. The van der Waals surface area contributed by atoms with Crippen molar-refractivity contribution in [2.24, 2.45) is 0 Å². The van der Waals surface area contributed by atoms with E-state index >= 15 is 0 Å². The molecule has 1 heterocycles. The number of halogens is 4. The molecule has 0 saturated carbocycles. The molecule has 6 nitrogen and oxygen atoms in total. The average molecular weight is 536 g/mol. The summed E-state index contributed by atoms with van der Waals surface area (Å²) >= 11 is 0. The molecule has 2 aromatic carbocycles. The lowest BCUT2D eigenvalue weighted by Crippen LogP contribution is -2.23. The Morgan fingerprint density at radius 2 is 1.70 bits per heavy atom. The van der Waals surface area contributed by atoms with E-state index < -0.39 is 33.6 Å². The van der Waals surface area contributed by atoms with E-state index in [4.69, 9.17) is 0 Å². The lowest BCUT2D eigenvalue weighted by molar-refractivity contribution is -0.141. The number of carbonyl (C=O) groups excluding carboxylic acids is 1. The molecule has 3 aromatic rings. The molecule has 1 aromatic heterocycles. The van der Waals surface area contributed by atoms with Gasteiger partial charge in [0.05, 0.1) is 11.9 Å². The topological polar surface area (TPSA) is 88.2 Å². The van der Waals surface area contributed by atoms with Crippen LogP contribution in [0, 0.1) is 5.82 Å². The molecule has 2 N–H and O–H groups in total. The van der Waals surface area contributed by atoms with Gasteiger partial charge in [-0.3, -0.25) is 9.52 Å². The molecule has 11 heteroatoms. The highest BCUT2D eigenvalue weighted by atomic mass is 32.2. The maximum atomic E-state index is 14.1. The van der Waals surface area contributed by atoms with Gasteiger partial charge in [0.1, 0.15) is 11.5 Å². The zero-order valence-corrected chi connectivity index (χ0v) is 20.7. The quantitative estimate of drug-likeness (QED) is 0.289. The zero-order chi connectivity index (χ0) is 27.1. The summed E-state index contributed by atoms with van der Waals surface area (Å²) in [5, 5.41) is 2.63. The molecule has 0 atom stereocenters. The predicted molar refractivity (Wildman–Crippen MR) is 134 cm³/mol. The molecule has 0 fully saturated rings. The van der Waals surface area contributed by atoms with Crippen LogP contribution in [0.15, 0.2) is 66.7 Å². The molecule has 0 aliphatic carbocycles. The summed E-state index contributed by atoms with van der Waals surface area (Å²) in [5.74, 6) is -1.23. The van der Waals surface area contributed by atoms with E-state index in [1.165, 1.54) is 36.4 Å². The summed E-state index contributed by atoms with van der Waals surface area (Å²) in [7, 11) is -3.62. The van der Waals surface area contributed by atoms with Crippen molar-refractivity contribution in [1.82, 2.24) is 10.3 Å². The minimum Gasteiger partial charge on any atom is -0.352 e. The first-order valence-electron chi connectivity index (χ1n) is 11.2. The van der Waals surface area contributed by atoms with Crippen LogP contribution in [0.5, 0.6) is 0 Å². The monoisotopic (exact) mass is 535 g/mol. The minimum atomic E-state index is -4.58. The smallest absolute Gasteiger partial charge is 0.352 e. The Morgan fingerprint density at radius 1 is 0.973 bits per heavy atom. The molecule has 0 aliphatic heterocycles. The third-order valence-electron chi connectivity index (χ3n) is 5.25. The molecule has 0 spiro atoms. The molecule has 0 bridgehead atoms. The standard InChI is InChI=1S/C26H25F4N3O3S/c1-37(35,36)33-23-12-8-19(17-21(23)27)15-16-31-25(34)14-10-20-9-13-24(26(28,29)30)32-22(20)11-7-18-5-3-2-4-6-18/h2-6,8-10,12-14,17,33H,7,11,15-16H2,1H3,(H,31,34). The van der Waals surface area contributed by atoms with Gasteiger partial charge in [-0.25, -0.2) is 17.8 Å². The normalized spacial score (nSPS) is 12.0. The molecule has 0 unspecified atom stereocenters. The number of rotatable bonds is 10. The van der Waals surface area contributed by atoms with E-state index in [1.54, 1.807) is 0 Å². The fraction of sp³-hybridized carbons (Fsp3) is 0.231. The Morgan fingerprint density at radius 3 is 2.35 bits per heavy atom. The molecule has 37 heavy (non-hydrogen) atoms. The number of hydrogen-bond donors (Lipinski definition) is 2. The largest absolute Gasteiger partial charge is 0.433 e. The van der Waals surface area contributed by atoms with Crippen LogP contribution in [-0.4, -0.2) is 32.1 Å². The molecular formula is C26H25F4N3O3S. The van der Waals surface area contributed by atoms with Crippen LogP contribution < -0.4 is 10.0 Å². The van der Waals surface area contributed by atoms with Gasteiger partial charge in [0.15, 0.2) is 0 Å². The van der Waals surface area contributed by atoms with Crippen molar-refractivity contribution in [3.63, 3.8) is 0 Å². The fourth-order valence-corrected chi connectivity index (χ4v) is 4.05. The van der Waals surface area contributed by atoms with Gasteiger partial charge >= 0.3 is 6.18 Å². The van der Waals surface area contributed by atoms with Crippen molar-refractivity contribution in [2.45, 2.75) is 25.4 Å². The number of hydrogen-bond acceptors (Lipinski definition) is 4. The summed E-state index contributed by atoms with van der Waals surface area (Å²) < 4.78 is 78.2. The second kappa shape index (κ2) is 12.0. The van der Waals surface area contributed by atoms with E-state index in [0.29, 0.717) is 17.5 Å². The third kappa shape index (κ3) is 9.02. The Balaban J connectivity index is 1.62. The van der Waals surface area contributed by atoms with Gasteiger partial charge < -0.3 is 5.32 Å². The Kier molecular flexibility index (Phi) is 9.04. The van der Waals surface area contributed by atoms with Gasteiger partial charge in [0.2, 0.25) is 15.9 Å². The molecule has 0 radical (unpaired) electrons. The van der Waals surface area contributed by atoms with Crippen LogP contribution in [-0.2, 0) is 40.3 Å². The number of pyridine rings is 1. The average Bonchev–Trinajstić information content (AvgIpc) is 2.82. The van der Waals surface area contributed by atoms with Gasteiger partial charge in [0.25, 0.3) is 0 Å². The van der Waals surface area contributed by atoms with Crippen LogP contribution >= 0.6 is 0 Å². The molecule has 0 aliphatic rings. The molecule has 196 valence electrons. The minimum absolute atomic E-state index is 0.160. The number of amides is 1. The number of aryl methyl sites for hydroxylation is 2. The molecule has 3 rings (SSSR count). The lowest BCUT2D eigenvalue weighted by atomic mass is 10.0. The Bertz CT molecular complexity index is 1380. The van der Waals surface area contributed by atoms with Crippen molar-refractivity contribution in [1.29, 1.82) is 0 Å². The number of aromatic nitrogens is 1. The van der Waals surface area contributed by atoms with E-state index in [2.05, 4.69) is 15.0 Å². The number of sulfonamides is 1. The van der Waals surface area contributed by atoms with Crippen LogP contribution in [0.4, 0.5) is 23.2 Å². The second-order valence-electron chi connectivity index (χ2n) is 8.28. The second-order valence-corrected chi connectivity index (χ2v) is 10.0. The first-order chi connectivity index (χ1) is 17.4. The first-order valence-corrected chi connectivity index (χ1v) is 13.1. The van der Waals surface area contributed by atoms with Gasteiger partial charge in [-0.2, -0.15) is 13.2 Å². The van der Waals surface area contributed by atoms with E-state index in [1.807, 2.05) is 30.3 Å². The van der Waals surface area contributed by atoms with Crippen molar-refractivity contribution >= 4 is 27.7 Å². The highest BCUT2D eigenvalue weighted by Crippen LogP contribution is 2.29. The molecule has 1 amide bonds. The number of nitrogens with one attached hydrogen (secondary N) is 2. The van der Waals surface area contributed by atoms with Crippen LogP contribution in [0.2, 0.25) is 0 Å². The summed E-state index contributed by atoms with van der Waals surface area (Å²) in [6.45, 7) is 0.160. The highest BCUT2D eigenvalue weighted by Gasteiger charge is 2.32. The summed E-state index contributed by atoms with van der Waals surface area (Å²) in [6.07, 6.45) is -0.0395. The van der Waals surface area contributed by atoms with Gasteiger partial charge in [-0.05, 0) is 60.2 Å². The van der Waals surface area contributed by atoms with Gasteiger partial charge in [-0.15, -0.1) is 0 Å². The Hall–Kier alpha value is -3.73. The number of carbonyl (C=O) groups is 1. The van der Waals surface area contributed by atoms with Crippen LogP contribution in [0.25, 0.3) is 6.08 Å². The Labute approximate surface area is 212 Å². The van der Waals surface area contributed by atoms with E-state index in [-0.39, 0.29) is 30.8 Å². The predicted octanol–water partition coefficient (Wildman–Crippen LogP) is 4.77. The van der Waals surface area contributed by atoms with E-state index in [0.717, 1.165) is 17.9 Å². The third-order valence-corrected chi connectivity index (χ3v) is 5.84. The summed E-state index contributed by atoms with van der Waals surface area (Å²) in [4.78, 5) is 16.0. The highest BCUT2D eigenvalue weighted by molar-refractivity contribution is 7.92. The van der Waals surface area contributed by atoms with Crippen molar-refractivity contribution < 1.29 is 30.8 Å². The van der Waals surface area contributed by atoms with Crippen molar-refractivity contribution in [2.75, 3.05) is 17.5 Å². The lowest BCUT2D eigenvalue weighted by Gasteiger charge is -2.11. The first kappa shape index (κ1) is 27.9. The number of anilines is 1. The van der Waals surface area contributed by atoms with Crippen LogP contribution in [0.3, 0.4) is 0 Å². The SMILES string of the molecule is CS(=O)(=O)Nc1ccc(CCNC(=O)C=Cc2ccc(C(F)(F)F)nc2CCc2ccccc2)cc1F. The van der Waals surface area contributed by atoms with Gasteiger partial charge in [0, 0.05) is 18.3 Å². The maximum Gasteiger partial charge on any atom is 0.433 e. The molecule has 0 saturated heterocycles. The number of benzene rings is 2. The van der Waals surface area contributed by atoms with Gasteiger partial charge in [-0.1, -0.05) is 42.5 Å². The zero-order valence-electron chi connectivity index (χ0n) is 19.8. The number of nitrogens with zero attached hydrogens (tertiary/aromatic N) is 1. The number of alkyl halides is 3. The van der Waals surface area contributed by atoms with Crippen molar-refractivity contribution in [3.05, 3.63) is 101 Å². The van der Waals surface area contributed by atoms with Crippen LogP contribution in [0.1, 0.15) is 28.1 Å². The maximum absolute atomic E-state index is 14.1.